The average Bonchev–Trinajstić information content (AvgIpc) is 3.39. The number of para-hydroxylation sites is 2. The van der Waals surface area contributed by atoms with E-state index in [0.29, 0.717) is 40.9 Å². The molecular formula is C27H24ClN3O3. The summed E-state index contributed by atoms with van der Waals surface area (Å²) in [6.45, 7) is 2.70. The van der Waals surface area contributed by atoms with Crippen molar-refractivity contribution in [2.24, 2.45) is 0 Å². The van der Waals surface area contributed by atoms with Gasteiger partial charge >= 0.3 is 0 Å². The molecule has 172 valence electrons. The molecule has 0 radical (unpaired) electrons. The highest BCUT2D eigenvalue weighted by Crippen LogP contribution is 2.31. The number of carbonyl (C=O) groups is 1. The number of anilines is 1. The van der Waals surface area contributed by atoms with Crippen LogP contribution in [0.5, 0.6) is 5.75 Å². The molecule has 1 saturated heterocycles. The number of methoxy groups -OCH3 is 1. The minimum Gasteiger partial charge on any atom is -0.495 e. The van der Waals surface area contributed by atoms with Crippen molar-refractivity contribution in [1.82, 2.24) is 9.88 Å². The predicted molar refractivity (Wildman–Crippen MR) is 133 cm³/mol. The number of hydrogen-bond donors (Lipinski definition) is 0. The van der Waals surface area contributed by atoms with Crippen molar-refractivity contribution in [3.8, 4) is 28.5 Å². The molecule has 0 unspecified atom stereocenters. The number of ether oxygens (including phenoxy) is 1. The summed E-state index contributed by atoms with van der Waals surface area (Å²) < 4.78 is 11.5. The van der Waals surface area contributed by atoms with E-state index in [1.165, 1.54) is 0 Å². The summed E-state index contributed by atoms with van der Waals surface area (Å²) in [5.41, 5.74) is 3.18. The number of aromatic nitrogens is 1. The quantitative estimate of drug-likeness (QED) is 0.376. The molecule has 1 amide bonds. The van der Waals surface area contributed by atoms with Crippen molar-refractivity contribution in [3.05, 3.63) is 89.6 Å². The van der Waals surface area contributed by atoms with E-state index in [4.69, 9.17) is 20.8 Å². The van der Waals surface area contributed by atoms with Crippen LogP contribution in [-0.2, 0) is 0 Å². The molecule has 0 N–H and O–H groups in total. The molecule has 0 saturated carbocycles. The Morgan fingerprint density at radius 2 is 1.65 bits per heavy atom. The van der Waals surface area contributed by atoms with Crippen LogP contribution in [0.2, 0.25) is 5.02 Å². The fourth-order valence-corrected chi connectivity index (χ4v) is 4.34. The Balaban J connectivity index is 1.34. The second-order valence-electron chi connectivity index (χ2n) is 8.03. The van der Waals surface area contributed by atoms with Crippen LogP contribution in [0.4, 0.5) is 5.69 Å². The molecule has 1 fully saturated rings. The van der Waals surface area contributed by atoms with E-state index >= 15 is 0 Å². The number of amides is 1. The zero-order chi connectivity index (χ0) is 23.5. The minimum atomic E-state index is -0.0264. The molecule has 3 aromatic carbocycles. The summed E-state index contributed by atoms with van der Waals surface area (Å²) in [7, 11) is 1.68. The first kappa shape index (κ1) is 22.0. The smallest absolute Gasteiger partial charge is 0.254 e. The molecule has 1 aliphatic rings. The standard InChI is InChI=1S/C27H24ClN3O3/c1-33-24-9-5-4-8-23(24)30-14-16-31(17-15-30)27(32)22-7-3-2-6-21(22)26-29-18-25(34-26)19-10-12-20(28)13-11-19/h2-13,18H,14-17H2,1H3. The molecule has 6 nitrogen and oxygen atoms in total. The van der Waals surface area contributed by atoms with E-state index in [2.05, 4.69) is 9.88 Å². The van der Waals surface area contributed by atoms with Crippen LogP contribution in [0, 0.1) is 0 Å². The van der Waals surface area contributed by atoms with Gasteiger partial charge in [0, 0.05) is 42.3 Å². The predicted octanol–water partition coefficient (Wildman–Crippen LogP) is 5.63. The maximum atomic E-state index is 13.5. The second kappa shape index (κ2) is 9.61. The summed E-state index contributed by atoms with van der Waals surface area (Å²) >= 11 is 5.99. The molecule has 7 heteroatoms. The normalized spacial score (nSPS) is 13.7. The largest absolute Gasteiger partial charge is 0.495 e. The van der Waals surface area contributed by atoms with Crippen LogP contribution in [0.25, 0.3) is 22.8 Å². The summed E-state index contributed by atoms with van der Waals surface area (Å²) in [5.74, 6) is 1.86. The minimum absolute atomic E-state index is 0.0264. The van der Waals surface area contributed by atoms with Crippen molar-refractivity contribution in [2.45, 2.75) is 0 Å². The number of carbonyl (C=O) groups excluding carboxylic acids is 1. The molecule has 2 heterocycles. The average molecular weight is 474 g/mol. The van der Waals surface area contributed by atoms with Gasteiger partial charge in [0.15, 0.2) is 5.76 Å². The zero-order valence-corrected chi connectivity index (χ0v) is 19.5. The first-order chi connectivity index (χ1) is 16.6. The number of piperazine rings is 1. The van der Waals surface area contributed by atoms with Gasteiger partial charge in [-0.3, -0.25) is 4.79 Å². The highest BCUT2D eigenvalue weighted by Gasteiger charge is 2.26. The fraction of sp³-hybridized carbons (Fsp3) is 0.185. The van der Waals surface area contributed by atoms with Crippen LogP contribution in [-0.4, -0.2) is 49.1 Å². The van der Waals surface area contributed by atoms with Crippen molar-refractivity contribution < 1.29 is 13.9 Å². The molecular weight excluding hydrogens is 450 g/mol. The summed E-state index contributed by atoms with van der Waals surface area (Å²) in [6, 6.07) is 22.8. The van der Waals surface area contributed by atoms with Crippen LogP contribution in [0.1, 0.15) is 10.4 Å². The van der Waals surface area contributed by atoms with Gasteiger partial charge in [0.1, 0.15) is 5.75 Å². The molecule has 1 aliphatic heterocycles. The highest BCUT2D eigenvalue weighted by atomic mass is 35.5. The van der Waals surface area contributed by atoms with Gasteiger partial charge < -0.3 is 19.0 Å². The van der Waals surface area contributed by atoms with Crippen LogP contribution in [0.3, 0.4) is 0 Å². The molecule has 0 spiro atoms. The Hall–Kier alpha value is -3.77. The maximum Gasteiger partial charge on any atom is 0.254 e. The Labute approximate surface area is 203 Å². The van der Waals surface area contributed by atoms with Gasteiger partial charge in [-0.25, -0.2) is 4.98 Å². The third-order valence-corrected chi connectivity index (χ3v) is 6.27. The van der Waals surface area contributed by atoms with Gasteiger partial charge in [0.25, 0.3) is 5.91 Å². The topological polar surface area (TPSA) is 58.8 Å². The van der Waals surface area contributed by atoms with E-state index in [1.807, 2.05) is 65.6 Å². The van der Waals surface area contributed by atoms with E-state index in [1.54, 1.807) is 25.4 Å². The molecule has 5 rings (SSSR count). The van der Waals surface area contributed by atoms with Crippen molar-refractivity contribution in [1.29, 1.82) is 0 Å². The Morgan fingerprint density at radius 1 is 0.941 bits per heavy atom. The summed E-state index contributed by atoms with van der Waals surface area (Å²) in [4.78, 5) is 22.1. The van der Waals surface area contributed by atoms with Gasteiger partial charge in [-0.1, -0.05) is 35.9 Å². The fourth-order valence-electron chi connectivity index (χ4n) is 4.21. The molecule has 0 bridgehead atoms. The Morgan fingerprint density at radius 3 is 2.41 bits per heavy atom. The lowest BCUT2D eigenvalue weighted by atomic mass is 10.1. The Bertz CT molecular complexity index is 1290. The molecule has 34 heavy (non-hydrogen) atoms. The lowest BCUT2D eigenvalue weighted by Crippen LogP contribution is -2.49. The van der Waals surface area contributed by atoms with E-state index in [0.717, 1.165) is 30.1 Å². The van der Waals surface area contributed by atoms with Crippen LogP contribution < -0.4 is 9.64 Å². The number of oxazole rings is 1. The van der Waals surface area contributed by atoms with Crippen molar-refractivity contribution in [3.63, 3.8) is 0 Å². The molecule has 4 aromatic rings. The van der Waals surface area contributed by atoms with Gasteiger partial charge in [-0.05, 0) is 48.5 Å². The summed E-state index contributed by atoms with van der Waals surface area (Å²) in [5, 5.41) is 0.658. The van der Waals surface area contributed by atoms with E-state index in [9.17, 15) is 4.79 Å². The number of benzene rings is 3. The molecule has 1 aromatic heterocycles. The van der Waals surface area contributed by atoms with E-state index in [-0.39, 0.29) is 5.91 Å². The lowest BCUT2D eigenvalue weighted by Gasteiger charge is -2.36. The molecule has 0 atom stereocenters. The van der Waals surface area contributed by atoms with Crippen LogP contribution in [0.15, 0.2) is 83.4 Å². The van der Waals surface area contributed by atoms with Gasteiger partial charge in [-0.15, -0.1) is 0 Å². The van der Waals surface area contributed by atoms with Gasteiger partial charge in [0.05, 0.1) is 24.6 Å². The first-order valence-electron chi connectivity index (χ1n) is 11.1. The third kappa shape index (κ3) is 4.37. The van der Waals surface area contributed by atoms with Gasteiger partial charge in [0.2, 0.25) is 5.89 Å². The third-order valence-electron chi connectivity index (χ3n) is 6.02. The number of nitrogens with zero attached hydrogens (tertiary/aromatic N) is 3. The zero-order valence-electron chi connectivity index (χ0n) is 18.8. The number of hydrogen-bond acceptors (Lipinski definition) is 5. The second-order valence-corrected chi connectivity index (χ2v) is 8.47. The van der Waals surface area contributed by atoms with E-state index < -0.39 is 0 Å². The SMILES string of the molecule is COc1ccccc1N1CCN(C(=O)c2ccccc2-c2ncc(-c3ccc(Cl)cc3)o2)CC1. The van der Waals surface area contributed by atoms with Crippen LogP contribution >= 0.6 is 11.6 Å². The highest BCUT2D eigenvalue weighted by molar-refractivity contribution is 6.30. The lowest BCUT2D eigenvalue weighted by molar-refractivity contribution is 0.0747. The van der Waals surface area contributed by atoms with Gasteiger partial charge in [-0.2, -0.15) is 0 Å². The first-order valence-corrected chi connectivity index (χ1v) is 11.5. The number of halogens is 1. The molecule has 0 aliphatic carbocycles. The maximum absolute atomic E-state index is 13.5. The number of rotatable bonds is 5. The Kier molecular flexibility index (Phi) is 6.23. The summed E-state index contributed by atoms with van der Waals surface area (Å²) in [6.07, 6.45) is 1.67. The van der Waals surface area contributed by atoms with Crippen molar-refractivity contribution in [2.75, 3.05) is 38.2 Å². The van der Waals surface area contributed by atoms with Crippen molar-refractivity contribution >= 4 is 23.2 Å². The monoisotopic (exact) mass is 473 g/mol.